The Morgan fingerprint density at radius 2 is 1.96 bits per heavy atom. The number of aromatic nitrogens is 2. The minimum Gasteiger partial charge on any atom is -0.460 e. The molecule has 128 valence electrons. The fourth-order valence-corrected chi connectivity index (χ4v) is 2.81. The summed E-state index contributed by atoms with van der Waals surface area (Å²) in [5.74, 6) is -0.716. The highest BCUT2D eigenvalue weighted by atomic mass is 35.5. The summed E-state index contributed by atoms with van der Waals surface area (Å²) >= 11 is 12.2. The minimum atomic E-state index is -0.420. The average Bonchev–Trinajstić information content (AvgIpc) is 3.06. The zero-order chi connectivity index (χ0) is 17.8. The van der Waals surface area contributed by atoms with Crippen LogP contribution in [0.5, 0.6) is 0 Å². The van der Waals surface area contributed by atoms with E-state index in [1.54, 1.807) is 23.9 Å². The summed E-state index contributed by atoms with van der Waals surface area (Å²) in [7, 11) is 0. The number of carbonyl (C=O) groups excluding carboxylic acids is 1. The van der Waals surface area contributed by atoms with E-state index in [4.69, 9.17) is 27.9 Å². The van der Waals surface area contributed by atoms with Crippen molar-refractivity contribution >= 4 is 29.2 Å². The zero-order valence-electron chi connectivity index (χ0n) is 13.5. The van der Waals surface area contributed by atoms with Crippen LogP contribution in [0.4, 0.5) is 0 Å². The SMILES string of the molecule is CC(C(=O)OCc1ccccc1)c1ccc(-n2cc(Cl)cn2)c(Cl)c1. The van der Waals surface area contributed by atoms with Crippen LogP contribution in [0.3, 0.4) is 0 Å². The minimum absolute atomic E-state index is 0.252. The lowest BCUT2D eigenvalue weighted by atomic mass is 10.0. The van der Waals surface area contributed by atoms with Crippen LogP contribution in [-0.2, 0) is 16.1 Å². The van der Waals surface area contributed by atoms with Gasteiger partial charge in [0.2, 0.25) is 0 Å². The van der Waals surface area contributed by atoms with Gasteiger partial charge in [0, 0.05) is 6.20 Å². The second-order valence-electron chi connectivity index (χ2n) is 5.63. The first-order valence-corrected chi connectivity index (χ1v) is 8.51. The van der Waals surface area contributed by atoms with Crippen molar-refractivity contribution in [3.63, 3.8) is 0 Å². The molecule has 1 unspecified atom stereocenters. The van der Waals surface area contributed by atoms with Crippen molar-refractivity contribution < 1.29 is 9.53 Å². The summed E-state index contributed by atoms with van der Waals surface area (Å²) < 4.78 is 6.98. The fraction of sp³-hybridized carbons (Fsp3) is 0.158. The van der Waals surface area contributed by atoms with Gasteiger partial charge in [-0.15, -0.1) is 0 Å². The van der Waals surface area contributed by atoms with Gasteiger partial charge in [-0.2, -0.15) is 5.10 Å². The van der Waals surface area contributed by atoms with Crippen molar-refractivity contribution in [2.45, 2.75) is 19.4 Å². The summed E-state index contributed by atoms with van der Waals surface area (Å²) in [6, 6.07) is 15.0. The van der Waals surface area contributed by atoms with Crippen LogP contribution in [0.25, 0.3) is 5.69 Å². The Bertz CT molecular complexity index is 878. The van der Waals surface area contributed by atoms with E-state index < -0.39 is 5.92 Å². The number of esters is 1. The molecule has 0 spiro atoms. The number of rotatable bonds is 5. The Morgan fingerprint density at radius 3 is 2.60 bits per heavy atom. The molecule has 2 aromatic carbocycles. The van der Waals surface area contributed by atoms with Gasteiger partial charge in [-0.1, -0.05) is 59.6 Å². The molecule has 3 aromatic rings. The van der Waals surface area contributed by atoms with E-state index in [9.17, 15) is 4.79 Å². The number of ether oxygens (including phenoxy) is 1. The maximum Gasteiger partial charge on any atom is 0.313 e. The Kier molecular flexibility index (Phi) is 5.41. The topological polar surface area (TPSA) is 44.1 Å². The van der Waals surface area contributed by atoms with Crippen molar-refractivity contribution in [3.05, 3.63) is 82.1 Å². The summed E-state index contributed by atoms with van der Waals surface area (Å²) in [6.07, 6.45) is 3.20. The maximum atomic E-state index is 12.3. The van der Waals surface area contributed by atoms with Crippen LogP contribution in [0.1, 0.15) is 24.0 Å². The third-order valence-electron chi connectivity index (χ3n) is 3.85. The predicted molar refractivity (Wildman–Crippen MR) is 98.2 cm³/mol. The highest BCUT2D eigenvalue weighted by Crippen LogP contribution is 2.27. The largest absolute Gasteiger partial charge is 0.460 e. The third kappa shape index (κ3) is 4.21. The van der Waals surface area contributed by atoms with E-state index in [0.29, 0.717) is 15.7 Å². The number of benzene rings is 2. The summed E-state index contributed by atoms with van der Waals surface area (Å²) in [5.41, 5.74) is 2.43. The number of nitrogens with zero attached hydrogens (tertiary/aromatic N) is 2. The lowest BCUT2D eigenvalue weighted by Gasteiger charge is -2.13. The highest BCUT2D eigenvalue weighted by molar-refractivity contribution is 6.32. The van der Waals surface area contributed by atoms with Crippen LogP contribution in [0.2, 0.25) is 10.0 Å². The van der Waals surface area contributed by atoms with Crippen molar-refractivity contribution in [1.29, 1.82) is 0 Å². The Morgan fingerprint density at radius 1 is 1.20 bits per heavy atom. The summed E-state index contributed by atoms with van der Waals surface area (Å²) in [6.45, 7) is 2.05. The molecule has 0 N–H and O–H groups in total. The zero-order valence-corrected chi connectivity index (χ0v) is 15.0. The molecule has 1 heterocycles. The van der Waals surface area contributed by atoms with Gasteiger partial charge in [-0.25, -0.2) is 4.68 Å². The van der Waals surface area contributed by atoms with Crippen LogP contribution >= 0.6 is 23.2 Å². The quantitative estimate of drug-likeness (QED) is 0.588. The van der Waals surface area contributed by atoms with Gasteiger partial charge in [0.15, 0.2) is 0 Å². The van der Waals surface area contributed by atoms with E-state index in [0.717, 1.165) is 11.1 Å². The second kappa shape index (κ2) is 7.72. The van der Waals surface area contributed by atoms with Gasteiger partial charge in [0.25, 0.3) is 0 Å². The molecule has 0 fully saturated rings. The number of hydrogen-bond donors (Lipinski definition) is 0. The normalized spacial score (nSPS) is 12.0. The molecule has 0 saturated carbocycles. The molecule has 3 rings (SSSR count). The molecule has 1 atom stereocenters. The molecule has 0 aliphatic carbocycles. The van der Waals surface area contributed by atoms with Crippen molar-refractivity contribution in [2.24, 2.45) is 0 Å². The van der Waals surface area contributed by atoms with Crippen LogP contribution in [-0.4, -0.2) is 15.7 Å². The van der Waals surface area contributed by atoms with Gasteiger partial charge in [-0.3, -0.25) is 4.79 Å². The number of hydrogen-bond acceptors (Lipinski definition) is 3. The molecule has 0 aliphatic heterocycles. The van der Waals surface area contributed by atoms with Gasteiger partial charge in [0.05, 0.1) is 27.8 Å². The van der Waals surface area contributed by atoms with E-state index >= 15 is 0 Å². The molecule has 6 heteroatoms. The maximum absolute atomic E-state index is 12.3. The first kappa shape index (κ1) is 17.5. The van der Waals surface area contributed by atoms with Crippen molar-refractivity contribution in [3.8, 4) is 5.69 Å². The Labute approximate surface area is 155 Å². The molecule has 0 amide bonds. The smallest absolute Gasteiger partial charge is 0.313 e. The van der Waals surface area contributed by atoms with E-state index in [1.165, 1.54) is 6.20 Å². The molecule has 25 heavy (non-hydrogen) atoms. The fourth-order valence-electron chi connectivity index (χ4n) is 2.40. The summed E-state index contributed by atoms with van der Waals surface area (Å²) in [4.78, 5) is 12.3. The molecule has 0 radical (unpaired) electrons. The molecule has 4 nitrogen and oxygen atoms in total. The molecule has 0 bridgehead atoms. The van der Waals surface area contributed by atoms with Gasteiger partial charge in [-0.05, 0) is 30.2 Å². The first-order valence-electron chi connectivity index (χ1n) is 7.75. The molecule has 0 saturated heterocycles. The Balaban J connectivity index is 1.70. The van der Waals surface area contributed by atoms with E-state index in [1.807, 2.05) is 42.5 Å². The second-order valence-corrected chi connectivity index (χ2v) is 6.47. The van der Waals surface area contributed by atoms with Crippen LogP contribution in [0.15, 0.2) is 60.9 Å². The van der Waals surface area contributed by atoms with E-state index in [2.05, 4.69) is 5.10 Å². The molecule has 0 aliphatic rings. The van der Waals surface area contributed by atoms with Crippen LogP contribution in [0, 0.1) is 0 Å². The molecular formula is C19H16Cl2N2O2. The van der Waals surface area contributed by atoms with Crippen LogP contribution < -0.4 is 0 Å². The number of carbonyl (C=O) groups is 1. The molecular weight excluding hydrogens is 359 g/mol. The van der Waals surface area contributed by atoms with E-state index in [-0.39, 0.29) is 12.6 Å². The standard InChI is InChI=1S/C19H16Cl2N2O2/c1-13(19(24)25-12-14-5-3-2-4-6-14)15-7-8-18(17(21)9-15)23-11-16(20)10-22-23/h2-11,13H,12H2,1H3. The Hall–Kier alpha value is -2.30. The summed E-state index contributed by atoms with van der Waals surface area (Å²) in [5, 5.41) is 5.14. The van der Waals surface area contributed by atoms with Crippen molar-refractivity contribution in [2.75, 3.05) is 0 Å². The lowest BCUT2D eigenvalue weighted by molar-refractivity contribution is -0.146. The number of halogens is 2. The molecule has 1 aromatic heterocycles. The van der Waals surface area contributed by atoms with Gasteiger partial charge < -0.3 is 4.74 Å². The highest BCUT2D eigenvalue weighted by Gasteiger charge is 2.18. The van der Waals surface area contributed by atoms with Gasteiger partial charge >= 0.3 is 5.97 Å². The third-order valence-corrected chi connectivity index (χ3v) is 4.35. The van der Waals surface area contributed by atoms with Gasteiger partial charge in [0.1, 0.15) is 6.61 Å². The lowest BCUT2D eigenvalue weighted by Crippen LogP contribution is -2.13. The van der Waals surface area contributed by atoms with Crippen molar-refractivity contribution in [1.82, 2.24) is 9.78 Å². The average molecular weight is 375 g/mol. The predicted octanol–water partition coefficient (Wildman–Crippen LogP) is 5.03. The monoisotopic (exact) mass is 374 g/mol. The first-order chi connectivity index (χ1) is 12.0.